The molecule has 0 radical (unpaired) electrons. The van der Waals surface area contributed by atoms with Crippen LogP contribution in [0.3, 0.4) is 0 Å². The van der Waals surface area contributed by atoms with Crippen molar-refractivity contribution in [2.24, 2.45) is 0 Å². The van der Waals surface area contributed by atoms with Gasteiger partial charge in [0, 0.05) is 13.1 Å². The molecule has 1 N–H and O–H groups in total. The first-order chi connectivity index (χ1) is 9.24. The van der Waals surface area contributed by atoms with Gasteiger partial charge in [0.25, 0.3) is 0 Å². The van der Waals surface area contributed by atoms with Crippen LogP contribution in [0.1, 0.15) is 18.2 Å². The Morgan fingerprint density at radius 1 is 1.32 bits per heavy atom. The summed E-state index contributed by atoms with van der Waals surface area (Å²) in [7, 11) is 1.85. The van der Waals surface area contributed by atoms with Crippen LogP contribution < -0.4 is 10.2 Å². The van der Waals surface area contributed by atoms with Gasteiger partial charge in [-0.25, -0.2) is 4.39 Å². The summed E-state index contributed by atoms with van der Waals surface area (Å²) < 4.78 is 19.5. The van der Waals surface area contributed by atoms with E-state index in [0.29, 0.717) is 18.8 Å². The Morgan fingerprint density at radius 2 is 2.16 bits per heavy atom. The van der Waals surface area contributed by atoms with E-state index in [0.717, 1.165) is 17.9 Å². The van der Waals surface area contributed by atoms with E-state index in [-0.39, 0.29) is 5.82 Å². The van der Waals surface area contributed by atoms with Crippen molar-refractivity contribution in [2.45, 2.75) is 20.0 Å². The second kappa shape index (κ2) is 6.38. The van der Waals surface area contributed by atoms with Crippen LogP contribution in [0.25, 0.3) is 0 Å². The summed E-state index contributed by atoms with van der Waals surface area (Å²) in [5, 5.41) is 3.01. The van der Waals surface area contributed by atoms with Gasteiger partial charge >= 0.3 is 0 Å². The predicted molar refractivity (Wildman–Crippen MR) is 74.6 cm³/mol. The van der Waals surface area contributed by atoms with Crippen LogP contribution in [0, 0.1) is 5.82 Å². The van der Waals surface area contributed by atoms with E-state index in [1.807, 2.05) is 43.1 Å². The second-order valence-electron chi connectivity index (χ2n) is 4.41. The number of anilines is 1. The molecule has 0 fully saturated rings. The number of hydrogen-bond acceptors (Lipinski definition) is 3. The zero-order valence-corrected chi connectivity index (χ0v) is 11.3. The molecule has 2 aromatic rings. The van der Waals surface area contributed by atoms with Crippen molar-refractivity contribution in [3.8, 4) is 0 Å². The minimum atomic E-state index is -0.193. The average Bonchev–Trinajstić information content (AvgIpc) is 2.90. The fraction of sp³-hybridized carbons (Fsp3) is 0.333. The monoisotopic (exact) mass is 262 g/mol. The highest BCUT2D eigenvalue weighted by molar-refractivity contribution is 5.49. The highest BCUT2D eigenvalue weighted by Crippen LogP contribution is 2.22. The molecule has 0 aliphatic heterocycles. The summed E-state index contributed by atoms with van der Waals surface area (Å²) in [5.74, 6) is 0.640. The molecular formula is C15H19FN2O. The number of nitrogens with one attached hydrogen (secondary N) is 1. The quantitative estimate of drug-likeness (QED) is 0.866. The number of rotatable bonds is 6. The molecule has 1 aromatic heterocycles. The van der Waals surface area contributed by atoms with Crippen molar-refractivity contribution in [1.82, 2.24) is 5.32 Å². The predicted octanol–water partition coefficient (Wildman–Crippen LogP) is 3.16. The SMILES string of the molecule is CCN(Cc1ccco1)c1ccc(CNC)cc1F. The zero-order chi connectivity index (χ0) is 13.7. The number of halogens is 1. The van der Waals surface area contributed by atoms with E-state index in [1.54, 1.807) is 12.3 Å². The molecular weight excluding hydrogens is 243 g/mol. The van der Waals surface area contributed by atoms with Gasteiger partial charge in [0.15, 0.2) is 0 Å². The molecule has 0 amide bonds. The fourth-order valence-electron chi connectivity index (χ4n) is 2.08. The normalized spacial score (nSPS) is 10.7. The highest BCUT2D eigenvalue weighted by Gasteiger charge is 2.12. The van der Waals surface area contributed by atoms with Gasteiger partial charge in [-0.1, -0.05) is 6.07 Å². The molecule has 0 saturated carbocycles. The van der Waals surface area contributed by atoms with Gasteiger partial charge in [0.2, 0.25) is 0 Å². The molecule has 1 heterocycles. The van der Waals surface area contributed by atoms with Crippen LogP contribution in [-0.4, -0.2) is 13.6 Å². The second-order valence-corrected chi connectivity index (χ2v) is 4.41. The molecule has 0 spiro atoms. The number of nitrogens with zero attached hydrogens (tertiary/aromatic N) is 1. The molecule has 2 rings (SSSR count). The summed E-state index contributed by atoms with van der Waals surface area (Å²) >= 11 is 0. The maximum Gasteiger partial charge on any atom is 0.146 e. The molecule has 0 aliphatic carbocycles. The zero-order valence-electron chi connectivity index (χ0n) is 11.3. The van der Waals surface area contributed by atoms with E-state index in [9.17, 15) is 4.39 Å². The first-order valence-electron chi connectivity index (χ1n) is 6.45. The largest absolute Gasteiger partial charge is 0.467 e. The molecule has 0 aliphatic rings. The number of hydrogen-bond donors (Lipinski definition) is 1. The van der Waals surface area contributed by atoms with E-state index in [2.05, 4.69) is 5.32 Å². The van der Waals surface area contributed by atoms with Crippen molar-refractivity contribution in [3.05, 3.63) is 53.7 Å². The Kier molecular flexibility index (Phi) is 4.58. The van der Waals surface area contributed by atoms with Gasteiger partial charge in [-0.15, -0.1) is 0 Å². The summed E-state index contributed by atoms with van der Waals surface area (Å²) in [5.41, 5.74) is 1.55. The minimum absolute atomic E-state index is 0.193. The number of benzene rings is 1. The first kappa shape index (κ1) is 13.6. The molecule has 4 heteroatoms. The van der Waals surface area contributed by atoms with Gasteiger partial charge in [-0.3, -0.25) is 0 Å². The molecule has 102 valence electrons. The van der Waals surface area contributed by atoms with Crippen molar-refractivity contribution < 1.29 is 8.81 Å². The van der Waals surface area contributed by atoms with Crippen LogP contribution in [-0.2, 0) is 13.1 Å². The fourth-order valence-corrected chi connectivity index (χ4v) is 2.08. The standard InChI is InChI=1S/C15H19FN2O/c1-3-18(11-13-5-4-8-19-13)15-7-6-12(10-17-2)9-14(15)16/h4-9,17H,3,10-11H2,1-2H3. The van der Waals surface area contributed by atoms with Crippen molar-refractivity contribution in [1.29, 1.82) is 0 Å². The summed E-state index contributed by atoms with van der Waals surface area (Å²) in [6.45, 7) is 3.97. The lowest BCUT2D eigenvalue weighted by Gasteiger charge is -2.22. The van der Waals surface area contributed by atoms with Gasteiger partial charge in [-0.2, -0.15) is 0 Å². The smallest absolute Gasteiger partial charge is 0.146 e. The van der Waals surface area contributed by atoms with Crippen molar-refractivity contribution >= 4 is 5.69 Å². The third-order valence-corrected chi connectivity index (χ3v) is 3.04. The third kappa shape index (κ3) is 3.35. The third-order valence-electron chi connectivity index (χ3n) is 3.04. The summed E-state index contributed by atoms with van der Waals surface area (Å²) in [6.07, 6.45) is 1.63. The molecule has 19 heavy (non-hydrogen) atoms. The topological polar surface area (TPSA) is 28.4 Å². The van der Waals surface area contributed by atoms with E-state index >= 15 is 0 Å². The molecule has 3 nitrogen and oxygen atoms in total. The molecule has 1 aromatic carbocycles. The van der Waals surface area contributed by atoms with Crippen LogP contribution in [0.2, 0.25) is 0 Å². The molecule has 0 saturated heterocycles. The Balaban J connectivity index is 2.18. The van der Waals surface area contributed by atoms with Gasteiger partial charge in [-0.05, 0) is 43.8 Å². The van der Waals surface area contributed by atoms with Gasteiger partial charge < -0.3 is 14.6 Å². The Morgan fingerprint density at radius 3 is 2.74 bits per heavy atom. The Bertz CT molecular complexity index is 511. The lowest BCUT2D eigenvalue weighted by Crippen LogP contribution is -2.23. The molecule has 0 bridgehead atoms. The van der Waals surface area contributed by atoms with Crippen molar-refractivity contribution in [2.75, 3.05) is 18.5 Å². The van der Waals surface area contributed by atoms with Crippen LogP contribution in [0.15, 0.2) is 41.0 Å². The maximum absolute atomic E-state index is 14.1. The van der Waals surface area contributed by atoms with Gasteiger partial charge in [0.05, 0.1) is 18.5 Å². The lowest BCUT2D eigenvalue weighted by molar-refractivity contribution is 0.501. The average molecular weight is 262 g/mol. The van der Waals surface area contributed by atoms with Gasteiger partial charge in [0.1, 0.15) is 11.6 Å². The van der Waals surface area contributed by atoms with Crippen LogP contribution in [0.4, 0.5) is 10.1 Å². The lowest BCUT2D eigenvalue weighted by atomic mass is 10.1. The van der Waals surface area contributed by atoms with Crippen LogP contribution >= 0.6 is 0 Å². The number of furan rings is 1. The van der Waals surface area contributed by atoms with E-state index < -0.39 is 0 Å². The Hall–Kier alpha value is -1.81. The van der Waals surface area contributed by atoms with E-state index in [4.69, 9.17) is 4.42 Å². The maximum atomic E-state index is 14.1. The first-order valence-corrected chi connectivity index (χ1v) is 6.45. The summed E-state index contributed by atoms with van der Waals surface area (Å²) in [6, 6.07) is 9.09. The summed E-state index contributed by atoms with van der Waals surface area (Å²) in [4.78, 5) is 1.96. The highest BCUT2D eigenvalue weighted by atomic mass is 19.1. The van der Waals surface area contributed by atoms with Crippen LogP contribution in [0.5, 0.6) is 0 Å². The molecule has 0 atom stereocenters. The molecule has 0 unspecified atom stereocenters. The minimum Gasteiger partial charge on any atom is -0.467 e. The Labute approximate surface area is 113 Å². The van der Waals surface area contributed by atoms with Crippen molar-refractivity contribution in [3.63, 3.8) is 0 Å². The van der Waals surface area contributed by atoms with E-state index in [1.165, 1.54) is 0 Å².